The third kappa shape index (κ3) is 2.39. The Morgan fingerprint density at radius 3 is 2.61 bits per heavy atom. The fraction of sp³-hybridized carbons (Fsp3) is 0. The Balaban J connectivity index is 1.80. The molecule has 3 aromatic heterocycles. The van der Waals surface area contributed by atoms with Gasteiger partial charge >= 0.3 is 0 Å². The summed E-state index contributed by atoms with van der Waals surface area (Å²) in [6.07, 6.45) is 3.55. The summed E-state index contributed by atoms with van der Waals surface area (Å²) in [5.74, 6) is 0.260. The van der Waals surface area contributed by atoms with E-state index in [1.165, 1.54) is 0 Å². The van der Waals surface area contributed by atoms with Gasteiger partial charge in [0.05, 0.1) is 16.0 Å². The normalized spacial score (nSPS) is 11.0. The number of primary amides is 1. The Hall–Kier alpha value is -2.99. The molecule has 4 rings (SSSR count). The van der Waals surface area contributed by atoms with Crippen molar-refractivity contribution in [1.82, 2.24) is 15.0 Å². The molecule has 6 heteroatoms. The number of benzene rings is 1. The molecule has 0 aliphatic rings. The number of para-hydroxylation sites is 1. The van der Waals surface area contributed by atoms with E-state index in [1.807, 2.05) is 24.3 Å². The summed E-state index contributed by atoms with van der Waals surface area (Å²) in [4.78, 5) is 25.5. The van der Waals surface area contributed by atoms with E-state index >= 15 is 0 Å². The monoisotopic (exact) mass is 320 g/mol. The molecular weight excluding hydrogens is 308 g/mol. The lowest BCUT2D eigenvalue weighted by molar-refractivity contribution is 0.100. The van der Waals surface area contributed by atoms with Gasteiger partial charge in [0.1, 0.15) is 11.3 Å². The summed E-state index contributed by atoms with van der Waals surface area (Å²) in [6, 6.07) is 13.4. The first-order valence-electron chi connectivity index (χ1n) is 7.01. The second-order valence-corrected chi connectivity index (χ2v) is 6.13. The summed E-state index contributed by atoms with van der Waals surface area (Å²) in [6.45, 7) is 0. The molecule has 3 N–H and O–H groups in total. The van der Waals surface area contributed by atoms with Crippen LogP contribution in [0.5, 0.6) is 0 Å². The van der Waals surface area contributed by atoms with Crippen molar-refractivity contribution in [3.63, 3.8) is 0 Å². The summed E-state index contributed by atoms with van der Waals surface area (Å²) in [7, 11) is 0. The van der Waals surface area contributed by atoms with Crippen LogP contribution in [-0.4, -0.2) is 20.9 Å². The van der Waals surface area contributed by atoms with E-state index in [4.69, 9.17) is 5.73 Å². The molecule has 0 aliphatic heterocycles. The van der Waals surface area contributed by atoms with E-state index in [2.05, 4.69) is 21.0 Å². The topological polar surface area (TPSA) is 84.7 Å². The Morgan fingerprint density at radius 2 is 1.83 bits per heavy atom. The second kappa shape index (κ2) is 5.33. The molecule has 4 aromatic rings. The third-order valence-electron chi connectivity index (χ3n) is 3.58. The van der Waals surface area contributed by atoms with Gasteiger partial charge in [-0.3, -0.25) is 9.78 Å². The minimum atomic E-state index is -0.475. The summed E-state index contributed by atoms with van der Waals surface area (Å²) >= 11 is 1.63. The predicted octanol–water partition coefficient (Wildman–Crippen LogP) is 3.45. The number of nitrogens with one attached hydrogen (secondary N) is 1. The van der Waals surface area contributed by atoms with Gasteiger partial charge in [0.15, 0.2) is 0 Å². The van der Waals surface area contributed by atoms with E-state index < -0.39 is 5.91 Å². The van der Waals surface area contributed by atoms with Crippen LogP contribution in [0.25, 0.3) is 32.2 Å². The van der Waals surface area contributed by atoms with E-state index in [-0.39, 0.29) is 0 Å². The Kier molecular flexibility index (Phi) is 3.17. The Bertz CT molecular complexity index is 1000. The van der Waals surface area contributed by atoms with Crippen LogP contribution in [0.2, 0.25) is 0 Å². The van der Waals surface area contributed by atoms with Crippen molar-refractivity contribution in [3.05, 3.63) is 60.4 Å². The molecule has 0 saturated heterocycles. The van der Waals surface area contributed by atoms with Gasteiger partial charge in [0.2, 0.25) is 0 Å². The number of amides is 1. The van der Waals surface area contributed by atoms with Gasteiger partial charge in [0.25, 0.3) is 5.91 Å². The standard InChI is InChI=1S/C17H12N4OS/c18-16(22)11-2-1-3-12-15(11)21-17(20-12)14-5-4-13(23-14)10-6-8-19-9-7-10/h1-9H,(H2,18,22)(H,20,21). The number of nitrogens with zero attached hydrogens (tertiary/aromatic N) is 2. The zero-order chi connectivity index (χ0) is 15.8. The maximum Gasteiger partial charge on any atom is 0.250 e. The average molecular weight is 320 g/mol. The van der Waals surface area contributed by atoms with Crippen molar-refractivity contribution >= 4 is 28.3 Å². The summed E-state index contributed by atoms with van der Waals surface area (Å²) in [5, 5.41) is 0. The zero-order valence-corrected chi connectivity index (χ0v) is 12.8. The summed E-state index contributed by atoms with van der Waals surface area (Å²) < 4.78 is 0. The molecule has 1 amide bonds. The minimum absolute atomic E-state index is 0.427. The van der Waals surface area contributed by atoms with Crippen LogP contribution in [0, 0.1) is 0 Å². The molecule has 1 aromatic carbocycles. The number of thiophene rings is 1. The Morgan fingerprint density at radius 1 is 1.04 bits per heavy atom. The minimum Gasteiger partial charge on any atom is -0.366 e. The molecule has 0 aliphatic carbocycles. The van der Waals surface area contributed by atoms with Crippen LogP contribution in [0.4, 0.5) is 0 Å². The lowest BCUT2D eigenvalue weighted by atomic mass is 10.2. The molecule has 23 heavy (non-hydrogen) atoms. The molecule has 0 bridgehead atoms. The number of hydrogen-bond acceptors (Lipinski definition) is 4. The van der Waals surface area contributed by atoms with Crippen molar-refractivity contribution in [1.29, 1.82) is 0 Å². The predicted molar refractivity (Wildman–Crippen MR) is 91.2 cm³/mol. The van der Waals surface area contributed by atoms with Crippen LogP contribution in [0.15, 0.2) is 54.9 Å². The van der Waals surface area contributed by atoms with Gasteiger partial charge in [-0.15, -0.1) is 11.3 Å². The summed E-state index contributed by atoms with van der Waals surface area (Å²) in [5.41, 5.74) is 8.36. The highest BCUT2D eigenvalue weighted by atomic mass is 32.1. The van der Waals surface area contributed by atoms with Gasteiger partial charge in [-0.25, -0.2) is 4.98 Å². The number of nitrogens with two attached hydrogens (primary N) is 1. The van der Waals surface area contributed by atoms with Crippen LogP contribution in [0.3, 0.4) is 0 Å². The molecule has 0 atom stereocenters. The molecular formula is C17H12N4OS. The maximum absolute atomic E-state index is 11.5. The van der Waals surface area contributed by atoms with Crippen molar-refractivity contribution in [2.45, 2.75) is 0 Å². The molecule has 112 valence electrons. The molecule has 3 heterocycles. The number of imidazole rings is 1. The van der Waals surface area contributed by atoms with E-state index in [0.717, 1.165) is 26.7 Å². The van der Waals surface area contributed by atoms with E-state index in [0.29, 0.717) is 11.1 Å². The van der Waals surface area contributed by atoms with Gasteiger partial charge in [-0.05, 0) is 42.0 Å². The van der Waals surface area contributed by atoms with Crippen molar-refractivity contribution in [3.8, 4) is 21.1 Å². The number of carbonyl (C=O) groups is 1. The van der Waals surface area contributed by atoms with Crippen molar-refractivity contribution < 1.29 is 4.79 Å². The number of aromatic amines is 1. The first-order valence-corrected chi connectivity index (χ1v) is 7.83. The molecule has 0 unspecified atom stereocenters. The largest absolute Gasteiger partial charge is 0.366 e. The lowest BCUT2D eigenvalue weighted by Gasteiger charge is -1.94. The fourth-order valence-electron chi connectivity index (χ4n) is 2.48. The zero-order valence-electron chi connectivity index (χ0n) is 12.0. The van der Waals surface area contributed by atoms with Crippen LogP contribution in [0.1, 0.15) is 10.4 Å². The van der Waals surface area contributed by atoms with E-state index in [1.54, 1.807) is 35.9 Å². The van der Waals surface area contributed by atoms with Crippen LogP contribution >= 0.6 is 11.3 Å². The molecule has 0 fully saturated rings. The quantitative estimate of drug-likeness (QED) is 0.606. The highest BCUT2D eigenvalue weighted by Gasteiger charge is 2.13. The van der Waals surface area contributed by atoms with E-state index in [9.17, 15) is 4.79 Å². The first-order chi connectivity index (χ1) is 11.2. The number of H-pyrrole nitrogens is 1. The van der Waals surface area contributed by atoms with Gasteiger partial charge in [0, 0.05) is 17.3 Å². The highest BCUT2D eigenvalue weighted by molar-refractivity contribution is 7.18. The molecule has 0 saturated carbocycles. The highest BCUT2D eigenvalue weighted by Crippen LogP contribution is 2.34. The van der Waals surface area contributed by atoms with Gasteiger partial charge in [-0.1, -0.05) is 6.07 Å². The molecule has 0 spiro atoms. The fourth-order valence-corrected chi connectivity index (χ4v) is 3.44. The van der Waals surface area contributed by atoms with Crippen molar-refractivity contribution in [2.75, 3.05) is 0 Å². The Labute approximate surface area is 135 Å². The number of aromatic nitrogens is 3. The smallest absolute Gasteiger partial charge is 0.250 e. The number of hydrogen-bond donors (Lipinski definition) is 2. The average Bonchev–Trinajstić information content (AvgIpc) is 3.21. The number of rotatable bonds is 3. The molecule has 0 radical (unpaired) electrons. The van der Waals surface area contributed by atoms with Crippen LogP contribution < -0.4 is 5.73 Å². The second-order valence-electron chi connectivity index (χ2n) is 5.05. The first kappa shape index (κ1) is 13.7. The van der Waals surface area contributed by atoms with Gasteiger partial charge < -0.3 is 10.7 Å². The number of carbonyl (C=O) groups excluding carboxylic acids is 1. The number of fused-ring (bicyclic) bond motifs is 1. The molecule has 5 nitrogen and oxygen atoms in total. The SMILES string of the molecule is NC(=O)c1cccc2[nH]c(-c3ccc(-c4ccncc4)s3)nc12. The number of pyridine rings is 1. The third-order valence-corrected chi connectivity index (χ3v) is 4.72. The van der Waals surface area contributed by atoms with Crippen LogP contribution in [-0.2, 0) is 0 Å². The van der Waals surface area contributed by atoms with Gasteiger partial charge in [-0.2, -0.15) is 0 Å². The maximum atomic E-state index is 11.5. The lowest BCUT2D eigenvalue weighted by Crippen LogP contribution is -2.11. The van der Waals surface area contributed by atoms with Crippen molar-refractivity contribution in [2.24, 2.45) is 5.73 Å².